The molecule has 2 N–H and O–H groups in total. The molecule has 0 bridgehead atoms. The minimum Gasteiger partial charge on any atom is -0.480 e. The fraction of sp³-hybridized carbons (Fsp3) is 0.818. The zero-order chi connectivity index (χ0) is 14.6. The van der Waals surface area contributed by atoms with Gasteiger partial charge in [-0.2, -0.15) is 0 Å². The first-order valence-electron chi connectivity index (χ1n) is 6.11. The van der Waals surface area contributed by atoms with E-state index < -0.39 is 22.8 Å². The summed E-state index contributed by atoms with van der Waals surface area (Å²) in [5.74, 6) is -0.568. The largest absolute Gasteiger partial charge is 0.480 e. The number of nitrogens with zero attached hydrogens (tertiary/aromatic N) is 1. The predicted octanol–water partition coefficient (Wildman–Crippen LogP) is 0.701. The first-order valence-corrected chi connectivity index (χ1v) is 8.78. The SMILES string of the molecule is CCC1SCC(C(=O)O)N1C(=O)NCC(C)S(C)=O. The number of carboxylic acid groups (broad SMARTS) is 1. The number of carbonyl (C=O) groups excluding carboxylic acids is 1. The van der Waals surface area contributed by atoms with Crippen molar-refractivity contribution < 1.29 is 18.9 Å². The van der Waals surface area contributed by atoms with Crippen molar-refractivity contribution in [1.29, 1.82) is 0 Å². The molecule has 0 aromatic carbocycles. The molecule has 1 aliphatic heterocycles. The van der Waals surface area contributed by atoms with Gasteiger partial charge in [-0.25, -0.2) is 9.59 Å². The van der Waals surface area contributed by atoms with E-state index in [1.807, 2.05) is 6.92 Å². The number of amides is 2. The topological polar surface area (TPSA) is 86.7 Å². The van der Waals surface area contributed by atoms with Gasteiger partial charge < -0.3 is 10.4 Å². The van der Waals surface area contributed by atoms with Crippen LogP contribution >= 0.6 is 11.8 Å². The number of hydrogen-bond donors (Lipinski definition) is 2. The van der Waals surface area contributed by atoms with Gasteiger partial charge in [-0.05, 0) is 13.3 Å². The van der Waals surface area contributed by atoms with Crippen LogP contribution in [0.1, 0.15) is 20.3 Å². The van der Waals surface area contributed by atoms with Crippen molar-refractivity contribution in [3.8, 4) is 0 Å². The number of rotatable bonds is 5. The van der Waals surface area contributed by atoms with Gasteiger partial charge >= 0.3 is 12.0 Å². The lowest BCUT2D eigenvalue weighted by Gasteiger charge is -2.27. The third kappa shape index (κ3) is 4.10. The summed E-state index contributed by atoms with van der Waals surface area (Å²) in [4.78, 5) is 24.6. The standard InChI is InChI=1S/C11H20N2O4S2/c1-4-9-13(8(6-18-9)10(14)15)11(16)12-5-7(2)19(3)17/h7-9H,4-6H2,1-3H3,(H,12,16)(H,14,15). The number of nitrogens with one attached hydrogen (secondary N) is 1. The van der Waals surface area contributed by atoms with Crippen LogP contribution in [-0.2, 0) is 15.6 Å². The predicted molar refractivity (Wildman–Crippen MR) is 76.7 cm³/mol. The van der Waals surface area contributed by atoms with Crippen molar-refractivity contribution >= 4 is 34.6 Å². The summed E-state index contributed by atoms with van der Waals surface area (Å²) in [6, 6.07) is -1.17. The van der Waals surface area contributed by atoms with Gasteiger partial charge in [0.1, 0.15) is 6.04 Å². The molecule has 19 heavy (non-hydrogen) atoms. The Morgan fingerprint density at radius 2 is 2.21 bits per heavy atom. The summed E-state index contributed by atoms with van der Waals surface area (Å²) in [5.41, 5.74) is 0. The van der Waals surface area contributed by atoms with Gasteiger partial charge in [0.05, 0.1) is 5.37 Å². The molecule has 8 heteroatoms. The van der Waals surface area contributed by atoms with Crippen LogP contribution in [0, 0.1) is 0 Å². The fourth-order valence-electron chi connectivity index (χ4n) is 1.78. The molecule has 0 aromatic heterocycles. The molecule has 1 rings (SSSR count). The Morgan fingerprint density at radius 3 is 2.68 bits per heavy atom. The quantitative estimate of drug-likeness (QED) is 0.781. The van der Waals surface area contributed by atoms with Gasteiger partial charge in [0.15, 0.2) is 0 Å². The van der Waals surface area contributed by atoms with Crippen LogP contribution in [0.2, 0.25) is 0 Å². The lowest BCUT2D eigenvalue weighted by molar-refractivity contribution is -0.141. The Balaban J connectivity index is 2.66. The average Bonchev–Trinajstić information content (AvgIpc) is 2.79. The molecule has 4 atom stereocenters. The van der Waals surface area contributed by atoms with E-state index in [1.165, 1.54) is 16.7 Å². The Hall–Kier alpha value is -0.760. The molecule has 1 aliphatic rings. The molecule has 6 nitrogen and oxygen atoms in total. The second-order valence-electron chi connectivity index (χ2n) is 4.45. The first kappa shape index (κ1) is 16.3. The zero-order valence-electron chi connectivity index (χ0n) is 11.3. The van der Waals surface area contributed by atoms with Crippen molar-refractivity contribution in [2.75, 3.05) is 18.6 Å². The molecule has 0 radical (unpaired) electrons. The van der Waals surface area contributed by atoms with Gasteiger partial charge in [-0.3, -0.25) is 9.11 Å². The van der Waals surface area contributed by atoms with Gasteiger partial charge in [0.2, 0.25) is 0 Å². The Kier molecular flexibility index (Phi) is 6.12. The van der Waals surface area contributed by atoms with Crippen molar-refractivity contribution in [2.24, 2.45) is 0 Å². The fourth-order valence-corrected chi connectivity index (χ4v) is 3.44. The second-order valence-corrected chi connectivity index (χ2v) is 7.47. The maximum absolute atomic E-state index is 12.1. The van der Waals surface area contributed by atoms with Crippen LogP contribution in [-0.4, -0.2) is 61.4 Å². The molecule has 1 heterocycles. The number of carboxylic acids is 1. The van der Waals surface area contributed by atoms with E-state index in [0.717, 1.165) is 0 Å². The monoisotopic (exact) mass is 308 g/mol. The van der Waals surface area contributed by atoms with E-state index in [-0.39, 0.29) is 23.2 Å². The molecule has 1 saturated heterocycles. The average molecular weight is 308 g/mol. The third-order valence-electron chi connectivity index (χ3n) is 3.07. The zero-order valence-corrected chi connectivity index (χ0v) is 12.9. The molecule has 2 amide bonds. The molecular formula is C11H20N2O4S2. The van der Waals surface area contributed by atoms with Crippen LogP contribution in [0.5, 0.6) is 0 Å². The van der Waals surface area contributed by atoms with Crippen molar-refractivity contribution in [3.05, 3.63) is 0 Å². The maximum atomic E-state index is 12.1. The van der Waals surface area contributed by atoms with E-state index in [1.54, 1.807) is 13.2 Å². The summed E-state index contributed by atoms with van der Waals surface area (Å²) < 4.78 is 11.2. The molecule has 1 fully saturated rings. The highest BCUT2D eigenvalue weighted by Gasteiger charge is 2.40. The third-order valence-corrected chi connectivity index (χ3v) is 5.82. The van der Waals surface area contributed by atoms with Gasteiger partial charge in [0, 0.05) is 34.6 Å². The van der Waals surface area contributed by atoms with Crippen molar-refractivity contribution in [1.82, 2.24) is 10.2 Å². The molecule has 0 saturated carbocycles. The summed E-state index contributed by atoms with van der Waals surface area (Å²) in [7, 11) is -1.01. The summed E-state index contributed by atoms with van der Waals surface area (Å²) in [6.45, 7) is 3.99. The van der Waals surface area contributed by atoms with E-state index >= 15 is 0 Å². The summed E-state index contributed by atoms with van der Waals surface area (Å²) in [6.07, 6.45) is 2.29. The number of aliphatic carboxylic acids is 1. The summed E-state index contributed by atoms with van der Waals surface area (Å²) >= 11 is 1.48. The lowest BCUT2D eigenvalue weighted by Crippen LogP contribution is -2.51. The Bertz CT molecular complexity index is 378. The number of carbonyl (C=O) groups is 2. The van der Waals surface area contributed by atoms with Gasteiger partial charge in [0.25, 0.3) is 0 Å². The molecule has 0 aromatic rings. The number of hydrogen-bond acceptors (Lipinski definition) is 4. The highest BCUT2D eigenvalue weighted by molar-refractivity contribution is 8.00. The van der Waals surface area contributed by atoms with Crippen molar-refractivity contribution in [3.63, 3.8) is 0 Å². The van der Waals surface area contributed by atoms with Crippen LogP contribution < -0.4 is 5.32 Å². The smallest absolute Gasteiger partial charge is 0.327 e. The highest BCUT2D eigenvalue weighted by atomic mass is 32.2. The normalized spacial score (nSPS) is 25.9. The Morgan fingerprint density at radius 1 is 1.58 bits per heavy atom. The van der Waals surface area contributed by atoms with Crippen LogP contribution in [0.4, 0.5) is 4.79 Å². The molecule has 0 spiro atoms. The second kappa shape index (κ2) is 7.14. The van der Waals surface area contributed by atoms with E-state index in [4.69, 9.17) is 5.11 Å². The molecule has 4 unspecified atom stereocenters. The van der Waals surface area contributed by atoms with Gasteiger partial charge in [-0.1, -0.05) is 6.92 Å². The Labute approximate surface area is 119 Å². The summed E-state index contributed by atoms with van der Waals surface area (Å²) in [5, 5.41) is 11.5. The lowest BCUT2D eigenvalue weighted by atomic mass is 10.3. The van der Waals surface area contributed by atoms with Crippen LogP contribution in [0.25, 0.3) is 0 Å². The number of urea groups is 1. The van der Waals surface area contributed by atoms with Crippen LogP contribution in [0.3, 0.4) is 0 Å². The maximum Gasteiger partial charge on any atom is 0.327 e. The van der Waals surface area contributed by atoms with E-state index in [9.17, 15) is 13.8 Å². The number of thioether (sulfide) groups is 1. The highest BCUT2D eigenvalue weighted by Crippen LogP contribution is 2.31. The van der Waals surface area contributed by atoms with E-state index in [0.29, 0.717) is 12.2 Å². The van der Waals surface area contributed by atoms with E-state index in [2.05, 4.69) is 5.32 Å². The van der Waals surface area contributed by atoms with Crippen molar-refractivity contribution in [2.45, 2.75) is 36.9 Å². The first-order chi connectivity index (χ1) is 8.88. The molecule has 0 aliphatic carbocycles. The molecular weight excluding hydrogens is 288 g/mol. The minimum atomic E-state index is -1.01. The van der Waals surface area contributed by atoms with Crippen LogP contribution in [0.15, 0.2) is 0 Å². The minimum absolute atomic E-state index is 0.108. The van der Waals surface area contributed by atoms with Gasteiger partial charge in [-0.15, -0.1) is 11.8 Å². The molecule has 110 valence electrons.